The Hall–Kier alpha value is -0.200. The van der Waals surface area contributed by atoms with Crippen LogP contribution in [0.15, 0.2) is 0 Å². The Morgan fingerprint density at radius 1 is 1.88 bits per heavy atom. The number of carbonyl (C=O) groups is 1. The van der Waals surface area contributed by atoms with Crippen LogP contribution in [0.1, 0.15) is 6.42 Å². The first kappa shape index (κ1) is 7.80. The number of thioether (sulfide) groups is 1. The zero-order chi connectivity index (χ0) is 6.41. The molecule has 0 aliphatic rings. The second kappa shape index (κ2) is 4.95. The van der Waals surface area contributed by atoms with Crippen molar-refractivity contribution >= 4 is 28.6 Å². The summed E-state index contributed by atoms with van der Waals surface area (Å²) in [6.07, 6.45) is 0.278. The summed E-state index contributed by atoms with van der Waals surface area (Å²) in [4.78, 5) is 9.96. The number of hydrogen-bond donors (Lipinski definition) is 0. The number of thiocyanates is 1. The van der Waals surface area contributed by atoms with Crippen LogP contribution >= 0.6 is 23.4 Å². The van der Waals surface area contributed by atoms with Gasteiger partial charge in [0.1, 0.15) is 5.40 Å². The fourth-order valence-corrected chi connectivity index (χ4v) is 0.762. The lowest BCUT2D eigenvalue weighted by molar-refractivity contribution is -0.111. The minimum absolute atomic E-state index is 0.278. The molecule has 44 valence electrons. The Morgan fingerprint density at radius 2 is 2.50 bits per heavy atom. The van der Waals surface area contributed by atoms with Crippen molar-refractivity contribution in [2.45, 2.75) is 6.42 Å². The maximum absolute atomic E-state index is 9.96. The summed E-state index contributed by atoms with van der Waals surface area (Å²) >= 11 is 5.99. The van der Waals surface area contributed by atoms with Gasteiger partial charge in [-0.05, 0) is 23.4 Å². The topological polar surface area (TPSA) is 40.9 Å². The third-order valence-electron chi connectivity index (χ3n) is 0.465. The van der Waals surface area contributed by atoms with Crippen molar-refractivity contribution in [3.63, 3.8) is 0 Å². The number of hydrogen-bond acceptors (Lipinski definition) is 3. The van der Waals surface area contributed by atoms with E-state index >= 15 is 0 Å². The first-order valence-electron chi connectivity index (χ1n) is 1.96. The molecule has 8 heavy (non-hydrogen) atoms. The molecule has 0 saturated carbocycles. The lowest BCUT2D eigenvalue weighted by atomic mass is 10.6. The van der Waals surface area contributed by atoms with Crippen molar-refractivity contribution in [2.75, 3.05) is 5.75 Å². The van der Waals surface area contributed by atoms with Crippen LogP contribution in [0.5, 0.6) is 0 Å². The molecule has 4 heteroatoms. The molecule has 0 bridgehead atoms. The molecule has 0 aliphatic heterocycles. The van der Waals surface area contributed by atoms with Gasteiger partial charge in [-0.15, -0.1) is 0 Å². The highest BCUT2D eigenvalue weighted by Crippen LogP contribution is 2.00. The molecule has 0 aromatic rings. The predicted octanol–water partition coefficient (Wildman–Crippen LogP) is 1.36. The Bertz CT molecular complexity index is 120. The van der Waals surface area contributed by atoms with E-state index in [0.29, 0.717) is 5.75 Å². The molecule has 0 amide bonds. The molecule has 0 aromatic heterocycles. The number of halogens is 1. The number of rotatable bonds is 3. The largest absolute Gasteiger partial charge is 0.281 e. The second-order valence-electron chi connectivity index (χ2n) is 1.04. The number of nitriles is 1. The van der Waals surface area contributed by atoms with E-state index in [4.69, 9.17) is 16.9 Å². The summed E-state index contributed by atoms with van der Waals surface area (Å²) in [6.45, 7) is 0. The van der Waals surface area contributed by atoms with Crippen LogP contribution in [-0.2, 0) is 4.79 Å². The summed E-state index contributed by atoms with van der Waals surface area (Å²) < 4.78 is 0. The maximum atomic E-state index is 9.96. The molecule has 0 heterocycles. The van der Waals surface area contributed by atoms with Crippen LogP contribution in [-0.4, -0.2) is 11.0 Å². The van der Waals surface area contributed by atoms with E-state index in [9.17, 15) is 4.79 Å². The standard InChI is InChI=1S/C4H4ClNOS/c5-4(7)1-2-8-3-6/h1-2H2. The molecule has 0 aliphatic carbocycles. The van der Waals surface area contributed by atoms with Crippen molar-refractivity contribution in [1.29, 1.82) is 5.26 Å². The van der Waals surface area contributed by atoms with E-state index in [1.165, 1.54) is 0 Å². The van der Waals surface area contributed by atoms with Gasteiger partial charge >= 0.3 is 0 Å². The smallest absolute Gasteiger partial charge is 0.222 e. The van der Waals surface area contributed by atoms with E-state index in [-0.39, 0.29) is 11.7 Å². The average Bonchev–Trinajstić information content (AvgIpc) is 1.66. The normalized spacial score (nSPS) is 8.00. The molecule has 2 nitrogen and oxygen atoms in total. The Kier molecular flexibility index (Phi) is 4.82. The number of carbonyl (C=O) groups excluding carboxylic acids is 1. The van der Waals surface area contributed by atoms with Crippen LogP contribution in [0.3, 0.4) is 0 Å². The zero-order valence-corrected chi connectivity index (χ0v) is 5.63. The summed E-state index contributed by atoms with van der Waals surface area (Å²) in [7, 11) is 0. The van der Waals surface area contributed by atoms with Gasteiger partial charge in [0.15, 0.2) is 0 Å². The third-order valence-corrected chi connectivity index (χ3v) is 1.19. The predicted molar refractivity (Wildman–Crippen MR) is 33.5 cm³/mol. The summed E-state index contributed by atoms with van der Waals surface area (Å²) in [5, 5.41) is 9.38. The van der Waals surface area contributed by atoms with Crippen LogP contribution in [0.2, 0.25) is 0 Å². The molecule has 0 N–H and O–H groups in total. The van der Waals surface area contributed by atoms with E-state index < -0.39 is 0 Å². The van der Waals surface area contributed by atoms with Gasteiger partial charge in [-0.3, -0.25) is 4.79 Å². The highest BCUT2D eigenvalue weighted by molar-refractivity contribution is 8.03. The molecule has 0 aromatic carbocycles. The van der Waals surface area contributed by atoms with Gasteiger partial charge in [0.2, 0.25) is 5.24 Å². The molecule has 0 unspecified atom stereocenters. The van der Waals surface area contributed by atoms with Crippen molar-refractivity contribution < 1.29 is 4.79 Å². The molecular formula is C4H4ClNOS. The molecular weight excluding hydrogens is 146 g/mol. The van der Waals surface area contributed by atoms with Gasteiger partial charge in [0, 0.05) is 12.2 Å². The number of nitrogens with zero attached hydrogens (tertiary/aromatic N) is 1. The minimum Gasteiger partial charge on any atom is -0.281 e. The quantitative estimate of drug-likeness (QED) is 0.346. The molecule has 0 fully saturated rings. The summed E-state index contributed by atoms with van der Waals surface area (Å²) in [5.74, 6) is 0.499. The van der Waals surface area contributed by atoms with Crippen molar-refractivity contribution in [2.24, 2.45) is 0 Å². The van der Waals surface area contributed by atoms with Gasteiger partial charge in [-0.1, -0.05) is 0 Å². The van der Waals surface area contributed by atoms with Crippen molar-refractivity contribution in [1.82, 2.24) is 0 Å². The molecule has 0 radical (unpaired) electrons. The van der Waals surface area contributed by atoms with E-state index in [1.54, 1.807) is 0 Å². The van der Waals surface area contributed by atoms with E-state index in [1.807, 2.05) is 5.40 Å². The van der Waals surface area contributed by atoms with Gasteiger partial charge in [-0.2, -0.15) is 5.26 Å². The third kappa shape index (κ3) is 5.80. The summed E-state index contributed by atoms with van der Waals surface area (Å²) in [5.41, 5.74) is 0. The SMILES string of the molecule is N#CSCCC(=O)Cl. The van der Waals surface area contributed by atoms with Gasteiger partial charge in [0.25, 0.3) is 0 Å². The van der Waals surface area contributed by atoms with Crippen molar-refractivity contribution in [3.05, 3.63) is 0 Å². The highest BCUT2D eigenvalue weighted by Gasteiger charge is 1.93. The Labute approximate surface area is 56.8 Å². The zero-order valence-electron chi connectivity index (χ0n) is 4.06. The van der Waals surface area contributed by atoms with Gasteiger partial charge in [0.05, 0.1) is 0 Å². The fraction of sp³-hybridized carbons (Fsp3) is 0.500. The Morgan fingerprint density at radius 3 is 2.88 bits per heavy atom. The van der Waals surface area contributed by atoms with Crippen LogP contribution in [0, 0.1) is 10.7 Å². The van der Waals surface area contributed by atoms with Crippen LogP contribution in [0.4, 0.5) is 0 Å². The average molecular weight is 150 g/mol. The molecule has 0 rings (SSSR count). The monoisotopic (exact) mass is 149 g/mol. The molecule has 0 saturated heterocycles. The van der Waals surface area contributed by atoms with Crippen molar-refractivity contribution in [3.8, 4) is 5.40 Å². The molecule has 0 atom stereocenters. The minimum atomic E-state index is -0.382. The fourth-order valence-electron chi connectivity index (χ4n) is 0.177. The van der Waals surface area contributed by atoms with E-state index in [0.717, 1.165) is 11.8 Å². The van der Waals surface area contributed by atoms with Gasteiger partial charge < -0.3 is 0 Å². The van der Waals surface area contributed by atoms with Crippen LogP contribution < -0.4 is 0 Å². The maximum Gasteiger partial charge on any atom is 0.222 e. The first-order chi connectivity index (χ1) is 3.77. The van der Waals surface area contributed by atoms with Crippen LogP contribution in [0.25, 0.3) is 0 Å². The second-order valence-corrected chi connectivity index (χ2v) is 2.35. The first-order valence-corrected chi connectivity index (χ1v) is 3.33. The summed E-state index contributed by atoms with van der Waals surface area (Å²) in [6, 6.07) is 0. The highest BCUT2D eigenvalue weighted by atomic mass is 35.5. The lowest BCUT2D eigenvalue weighted by Gasteiger charge is -1.82. The van der Waals surface area contributed by atoms with Gasteiger partial charge in [-0.25, -0.2) is 0 Å². The lowest BCUT2D eigenvalue weighted by Crippen LogP contribution is -1.86. The Balaban J connectivity index is 2.97. The molecule has 0 spiro atoms. The van der Waals surface area contributed by atoms with E-state index in [2.05, 4.69) is 0 Å².